The lowest BCUT2D eigenvalue weighted by atomic mass is 10.4. The summed E-state index contributed by atoms with van der Waals surface area (Å²) < 4.78 is 20.6. The number of benzene rings is 2. The van der Waals surface area contributed by atoms with Gasteiger partial charge in [0.2, 0.25) is 0 Å². The van der Waals surface area contributed by atoms with Gasteiger partial charge in [0.25, 0.3) is 0 Å². The third-order valence-corrected chi connectivity index (χ3v) is 8.51. The van der Waals surface area contributed by atoms with Crippen LogP contribution in [0.4, 0.5) is 0 Å². The molecule has 2 rings (SSSR count). The fourth-order valence-electron chi connectivity index (χ4n) is 2.86. The zero-order valence-corrected chi connectivity index (χ0v) is 15.9. The highest BCUT2D eigenvalue weighted by Gasteiger charge is 2.46. The van der Waals surface area contributed by atoms with Crippen LogP contribution in [0.2, 0.25) is 19.6 Å². The topological polar surface area (TPSA) is 26.3 Å². The summed E-state index contributed by atoms with van der Waals surface area (Å²) in [5.74, 6) is 0. The van der Waals surface area contributed by atoms with Crippen molar-refractivity contribution < 1.29 is 8.99 Å². The summed E-state index contributed by atoms with van der Waals surface area (Å²) in [5, 5.41) is 0.967. The van der Waals surface area contributed by atoms with Crippen molar-refractivity contribution in [1.29, 1.82) is 0 Å². The largest absolute Gasteiger partial charge is 0.405 e. The molecule has 0 saturated carbocycles. The van der Waals surface area contributed by atoms with E-state index in [1.54, 1.807) is 0 Å². The second-order valence-corrected chi connectivity index (χ2v) is 14.7. The normalized spacial score (nSPS) is 13.1. The maximum absolute atomic E-state index is 14.2. The maximum Gasteiger partial charge on any atom is 0.185 e. The molecule has 0 aliphatic heterocycles. The monoisotopic (exact) mass is 332 g/mol. The zero-order valence-electron chi connectivity index (χ0n) is 14.0. The smallest absolute Gasteiger partial charge is 0.185 e. The van der Waals surface area contributed by atoms with E-state index in [4.69, 9.17) is 4.43 Å². The van der Waals surface area contributed by atoms with E-state index >= 15 is 0 Å². The summed E-state index contributed by atoms with van der Waals surface area (Å²) in [6.45, 7) is 10.3. The van der Waals surface area contributed by atoms with Crippen LogP contribution >= 0.6 is 7.14 Å². The Balaban J connectivity index is 2.64. The van der Waals surface area contributed by atoms with Crippen molar-refractivity contribution >= 4 is 26.1 Å². The molecule has 0 radical (unpaired) electrons. The molecule has 118 valence electrons. The number of rotatable bonds is 5. The minimum absolute atomic E-state index is 0.736. The summed E-state index contributed by atoms with van der Waals surface area (Å²) in [6, 6.07) is 19.4. The van der Waals surface area contributed by atoms with Gasteiger partial charge in [0.05, 0.1) is 0 Å². The van der Waals surface area contributed by atoms with E-state index in [2.05, 4.69) is 19.6 Å². The Kier molecular flexibility index (Phi) is 4.81. The molecule has 0 aliphatic carbocycles. The summed E-state index contributed by atoms with van der Waals surface area (Å²) in [7, 11) is -4.75. The third kappa shape index (κ3) is 3.43. The fraction of sp³-hybridized carbons (Fsp3) is 0.333. The average Bonchev–Trinajstić information content (AvgIpc) is 2.45. The van der Waals surface area contributed by atoms with Crippen LogP contribution in [0.15, 0.2) is 60.7 Å². The highest BCUT2D eigenvalue weighted by Crippen LogP contribution is 2.57. The van der Waals surface area contributed by atoms with Gasteiger partial charge in [-0.3, -0.25) is 0 Å². The quantitative estimate of drug-likeness (QED) is 0.591. The lowest BCUT2D eigenvalue weighted by Gasteiger charge is -2.40. The first-order valence-electron chi connectivity index (χ1n) is 7.58. The Morgan fingerprint density at radius 3 is 1.50 bits per heavy atom. The highest BCUT2D eigenvalue weighted by atomic mass is 31.2. The van der Waals surface area contributed by atoms with Crippen molar-refractivity contribution in [3.63, 3.8) is 0 Å². The molecule has 0 spiro atoms. The van der Waals surface area contributed by atoms with Gasteiger partial charge in [0.1, 0.15) is 5.34 Å². The molecular formula is C18H25O2PSi. The van der Waals surface area contributed by atoms with Crippen molar-refractivity contribution in [2.24, 2.45) is 0 Å². The van der Waals surface area contributed by atoms with E-state index in [-0.39, 0.29) is 0 Å². The van der Waals surface area contributed by atoms with Crippen molar-refractivity contribution in [3.8, 4) is 0 Å². The first-order chi connectivity index (χ1) is 10.2. The van der Waals surface area contributed by atoms with Crippen LogP contribution in [0, 0.1) is 0 Å². The van der Waals surface area contributed by atoms with Gasteiger partial charge in [-0.05, 0) is 33.5 Å². The van der Waals surface area contributed by atoms with Gasteiger partial charge < -0.3 is 8.99 Å². The van der Waals surface area contributed by atoms with Crippen LogP contribution in [-0.4, -0.2) is 13.7 Å². The van der Waals surface area contributed by atoms with Crippen molar-refractivity contribution in [3.05, 3.63) is 60.7 Å². The Hall–Kier alpha value is -1.15. The van der Waals surface area contributed by atoms with Gasteiger partial charge >= 0.3 is 0 Å². The van der Waals surface area contributed by atoms with Crippen LogP contribution in [0.25, 0.3) is 0 Å². The van der Waals surface area contributed by atoms with E-state index in [0.29, 0.717) is 0 Å². The fourth-order valence-corrected chi connectivity index (χ4v) is 8.42. The number of hydrogen-bond acceptors (Lipinski definition) is 2. The Morgan fingerprint density at radius 1 is 0.818 bits per heavy atom. The van der Waals surface area contributed by atoms with E-state index < -0.39 is 20.8 Å². The molecule has 0 atom stereocenters. The van der Waals surface area contributed by atoms with Crippen LogP contribution in [0.3, 0.4) is 0 Å². The zero-order chi connectivity index (χ0) is 16.4. The Labute approximate surface area is 135 Å². The summed E-state index contributed by atoms with van der Waals surface area (Å²) in [6.07, 6.45) is 0. The first-order valence-corrected chi connectivity index (χ1v) is 12.7. The van der Waals surface area contributed by atoms with Gasteiger partial charge in [-0.15, -0.1) is 0 Å². The Bertz CT molecular complexity index is 617. The van der Waals surface area contributed by atoms with Gasteiger partial charge in [-0.2, -0.15) is 0 Å². The van der Waals surface area contributed by atoms with Crippen LogP contribution in [0.1, 0.15) is 13.8 Å². The van der Waals surface area contributed by atoms with E-state index in [1.807, 2.05) is 74.5 Å². The van der Waals surface area contributed by atoms with Crippen molar-refractivity contribution in [2.45, 2.75) is 38.8 Å². The second kappa shape index (κ2) is 6.15. The van der Waals surface area contributed by atoms with Gasteiger partial charge in [-0.25, -0.2) is 0 Å². The lowest BCUT2D eigenvalue weighted by molar-refractivity contribution is 0.186. The van der Waals surface area contributed by atoms with Crippen LogP contribution in [0.5, 0.6) is 0 Å². The average molecular weight is 332 g/mol. The minimum atomic E-state index is -2.91. The predicted molar refractivity (Wildman–Crippen MR) is 98.3 cm³/mol. The second-order valence-electron chi connectivity index (χ2n) is 6.94. The van der Waals surface area contributed by atoms with Crippen LogP contribution < -0.4 is 10.6 Å². The molecule has 0 unspecified atom stereocenters. The lowest BCUT2D eigenvalue weighted by Crippen LogP contribution is -2.43. The molecule has 0 aliphatic rings. The van der Waals surface area contributed by atoms with E-state index in [9.17, 15) is 4.57 Å². The van der Waals surface area contributed by atoms with E-state index in [0.717, 1.165) is 10.6 Å². The molecule has 2 aromatic carbocycles. The molecule has 2 aromatic rings. The first kappa shape index (κ1) is 17.2. The summed E-state index contributed by atoms with van der Waals surface area (Å²) in [5.41, 5.74) is 0. The molecule has 4 heteroatoms. The molecule has 0 heterocycles. The number of hydrogen-bond donors (Lipinski definition) is 0. The van der Waals surface area contributed by atoms with Gasteiger partial charge in [0.15, 0.2) is 15.5 Å². The standard InChI is InChI=1S/C18H25O2PSi/c1-18(2,20-22(3,4)5)21(19,16-12-8-6-9-13-16)17-14-10-7-11-15-17/h6-15H,1-5H3. The highest BCUT2D eigenvalue weighted by molar-refractivity contribution is 7.79. The van der Waals surface area contributed by atoms with Crippen molar-refractivity contribution in [1.82, 2.24) is 0 Å². The molecule has 2 nitrogen and oxygen atoms in total. The Morgan fingerprint density at radius 2 is 1.18 bits per heavy atom. The molecule has 0 bridgehead atoms. The summed E-state index contributed by atoms with van der Waals surface area (Å²) in [4.78, 5) is 0. The van der Waals surface area contributed by atoms with E-state index in [1.165, 1.54) is 0 Å². The van der Waals surface area contributed by atoms with Gasteiger partial charge in [0, 0.05) is 10.6 Å². The molecule has 22 heavy (non-hydrogen) atoms. The minimum Gasteiger partial charge on any atom is -0.405 e. The summed E-state index contributed by atoms with van der Waals surface area (Å²) >= 11 is 0. The molecule has 0 N–H and O–H groups in total. The van der Waals surface area contributed by atoms with Crippen LogP contribution in [-0.2, 0) is 8.99 Å². The molecule has 0 saturated heterocycles. The molecule has 0 fully saturated rings. The third-order valence-electron chi connectivity index (χ3n) is 3.55. The predicted octanol–water partition coefficient (Wildman–Crippen LogP) is 4.59. The molecule has 0 amide bonds. The molecular weight excluding hydrogens is 307 g/mol. The van der Waals surface area contributed by atoms with Crippen molar-refractivity contribution in [2.75, 3.05) is 0 Å². The maximum atomic E-state index is 14.2. The molecule has 0 aromatic heterocycles. The van der Waals surface area contributed by atoms with Gasteiger partial charge in [-0.1, -0.05) is 60.7 Å². The SMILES string of the molecule is CC(C)(O[Si](C)(C)C)P(=O)(c1ccccc1)c1ccccc1.